The van der Waals surface area contributed by atoms with Crippen LogP contribution in [0.25, 0.3) is 22.3 Å². The minimum atomic E-state index is -3.79. The van der Waals surface area contributed by atoms with Crippen molar-refractivity contribution >= 4 is 32.6 Å². The van der Waals surface area contributed by atoms with Gasteiger partial charge in [-0.15, -0.1) is 0 Å². The molecule has 10 nitrogen and oxygen atoms in total. The quantitative estimate of drug-likeness (QED) is 0.370. The number of aliphatic hydroxyl groups excluding tert-OH is 1. The fraction of sp³-hybridized carbons (Fsp3) is 0.292. The molecule has 4 N–H and O–H groups in total. The zero-order valence-corrected chi connectivity index (χ0v) is 19.9. The molecule has 0 saturated heterocycles. The van der Waals surface area contributed by atoms with E-state index in [-0.39, 0.29) is 17.0 Å². The zero-order valence-electron chi connectivity index (χ0n) is 19.1. The van der Waals surface area contributed by atoms with E-state index in [1.54, 1.807) is 36.4 Å². The van der Waals surface area contributed by atoms with Gasteiger partial charge >= 0.3 is 0 Å². The smallest absolute Gasteiger partial charge is 0.262 e. The fourth-order valence-corrected chi connectivity index (χ4v) is 5.57. The molecule has 0 amide bonds. The highest BCUT2D eigenvalue weighted by Crippen LogP contribution is 2.38. The Hall–Kier alpha value is -3.70. The van der Waals surface area contributed by atoms with E-state index in [1.165, 1.54) is 25.6 Å². The van der Waals surface area contributed by atoms with Crippen LogP contribution in [-0.4, -0.2) is 46.5 Å². The first-order valence-corrected chi connectivity index (χ1v) is 12.8. The lowest BCUT2D eigenvalue weighted by Gasteiger charge is -2.25. The van der Waals surface area contributed by atoms with Crippen molar-refractivity contribution < 1.29 is 18.3 Å². The maximum absolute atomic E-state index is 12.8. The number of methoxy groups -OCH3 is 1. The highest BCUT2D eigenvalue weighted by molar-refractivity contribution is 7.92. The molecular weight excluding hydrogens is 468 g/mol. The number of nitrogen functional groups attached to an aromatic ring is 1. The van der Waals surface area contributed by atoms with Crippen molar-refractivity contribution in [3.63, 3.8) is 0 Å². The maximum atomic E-state index is 12.8. The van der Waals surface area contributed by atoms with Crippen LogP contribution in [0.4, 0.5) is 11.5 Å². The molecule has 182 valence electrons. The second-order valence-corrected chi connectivity index (χ2v) is 10.2. The molecule has 1 aliphatic rings. The molecule has 4 aromatic rings. The highest BCUT2D eigenvalue weighted by Gasteiger charge is 2.26. The molecule has 0 unspecified atom stereocenters. The number of aromatic nitrogens is 4. The molecule has 11 heteroatoms. The Morgan fingerprint density at radius 2 is 1.83 bits per heavy atom. The predicted octanol–water partition coefficient (Wildman–Crippen LogP) is 3.36. The molecule has 35 heavy (non-hydrogen) atoms. The number of anilines is 2. The molecule has 2 aromatic heterocycles. The van der Waals surface area contributed by atoms with Gasteiger partial charge in [-0.05, 0) is 49.9 Å². The number of sulfonamides is 1. The van der Waals surface area contributed by atoms with Crippen LogP contribution in [0.3, 0.4) is 0 Å². The number of fused-ring (bicyclic) bond motifs is 1. The van der Waals surface area contributed by atoms with Crippen LogP contribution in [0, 0.1) is 0 Å². The third kappa shape index (κ3) is 4.40. The summed E-state index contributed by atoms with van der Waals surface area (Å²) in [6.07, 6.45) is 4.09. The number of nitrogens with one attached hydrogen (secondary N) is 1. The Balaban J connectivity index is 1.55. The Morgan fingerprint density at radius 3 is 2.54 bits per heavy atom. The molecule has 1 saturated carbocycles. The third-order valence-electron chi connectivity index (χ3n) is 6.30. The molecule has 1 fully saturated rings. The number of benzene rings is 2. The van der Waals surface area contributed by atoms with E-state index in [0.29, 0.717) is 52.4 Å². The van der Waals surface area contributed by atoms with Crippen molar-refractivity contribution in [2.75, 3.05) is 17.6 Å². The third-order valence-corrected chi connectivity index (χ3v) is 7.68. The van der Waals surface area contributed by atoms with Crippen molar-refractivity contribution in [2.24, 2.45) is 0 Å². The van der Waals surface area contributed by atoms with Crippen molar-refractivity contribution in [2.45, 2.75) is 42.7 Å². The first-order chi connectivity index (χ1) is 16.9. The van der Waals surface area contributed by atoms with Gasteiger partial charge in [0.1, 0.15) is 23.6 Å². The summed E-state index contributed by atoms with van der Waals surface area (Å²) in [4.78, 5) is 8.76. The van der Waals surface area contributed by atoms with Crippen LogP contribution < -0.4 is 15.2 Å². The summed E-state index contributed by atoms with van der Waals surface area (Å²) in [5, 5.41) is 15.4. The normalized spacial score (nSPS) is 18.5. The van der Waals surface area contributed by atoms with Crippen LogP contribution in [-0.2, 0) is 10.0 Å². The lowest BCUT2D eigenvalue weighted by molar-refractivity contribution is 0.109. The highest BCUT2D eigenvalue weighted by atomic mass is 32.2. The summed E-state index contributed by atoms with van der Waals surface area (Å²) in [6, 6.07) is 13.3. The van der Waals surface area contributed by atoms with Crippen molar-refractivity contribution in [1.29, 1.82) is 0 Å². The standard InChI is InChI=1S/C24H26N6O4S/c1-34-20-13-15(7-12-19(20)29-35(32,33)18-5-3-2-4-6-18)22-21-23(25)26-14-27-24(21)30(28-22)16-8-10-17(31)11-9-16/h2-7,12-14,16-17,29,31H,8-11H2,1H3,(H2,25,26,27). The lowest BCUT2D eigenvalue weighted by atomic mass is 9.93. The Labute approximate surface area is 202 Å². The number of nitrogens with zero attached hydrogens (tertiary/aromatic N) is 4. The number of hydrogen-bond donors (Lipinski definition) is 3. The van der Waals surface area contributed by atoms with Crippen molar-refractivity contribution in [3.8, 4) is 17.0 Å². The van der Waals surface area contributed by atoms with Gasteiger partial charge in [0.2, 0.25) is 0 Å². The summed E-state index contributed by atoms with van der Waals surface area (Å²) in [5.74, 6) is 0.640. The summed E-state index contributed by atoms with van der Waals surface area (Å²) in [7, 11) is -2.32. The van der Waals surface area contributed by atoms with Crippen LogP contribution in [0.2, 0.25) is 0 Å². The van der Waals surface area contributed by atoms with Gasteiger partial charge in [0.05, 0.1) is 35.2 Å². The number of ether oxygens (including phenoxy) is 1. The minimum absolute atomic E-state index is 0.0859. The Morgan fingerprint density at radius 1 is 1.09 bits per heavy atom. The lowest BCUT2D eigenvalue weighted by Crippen LogP contribution is -2.22. The average molecular weight is 495 g/mol. The second-order valence-electron chi connectivity index (χ2n) is 8.55. The first-order valence-electron chi connectivity index (χ1n) is 11.3. The molecule has 2 aromatic carbocycles. The Kier molecular flexibility index (Phi) is 6.03. The van der Waals surface area contributed by atoms with Gasteiger partial charge in [-0.2, -0.15) is 5.10 Å². The predicted molar refractivity (Wildman–Crippen MR) is 132 cm³/mol. The van der Waals surface area contributed by atoms with E-state index in [2.05, 4.69) is 14.7 Å². The molecule has 2 heterocycles. The van der Waals surface area contributed by atoms with Gasteiger partial charge in [-0.25, -0.2) is 23.1 Å². The minimum Gasteiger partial charge on any atom is -0.495 e. The number of aliphatic hydroxyl groups is 1. The summed E-state index contributed by atoms with van der Waals surface area (Å²) >= 11 is 0. The number of nitrogens with two attached hydrogens (primary N) is 1. The van der Waals surface area contributed by atoms with E-state index >= 15 is 0 Å². The topological polar surface area (TPSA) is 145 Å². The Bertz CT molecular complexity index is 1460. The number of hydrogen-bond acceptors (Lipinski definition) is 8. The average Bonchev–Trinajstić information content (AvgIpc) is 3.26. The molecule has 0 aliphatic heterocycles. The molecule has 0 radical (unpaired) electrons. The van der Waals surface area contributed by atoms with Gasteiger partial charge in [0.15, 0.2) is 5.65 Å². The zero-order chi connectivity index (χ0) is 24.6. The number of rotatable bonds is 6. The first kappa shape index (κ1) is 23.1. The van der Waals surface area contributed by atoms with E-state index in [1.807, 2.05) is 4.68 Å². The van der Waals surface area contributed by atoms with Crippen molar-refractivity contribution in [3.05, 3.63) is 54.9 Å². The molecule has 1 aliphatic carbocycles. The van der Waals surface area contributed by atoms with Gasteiger partial charge in [0, 0.05) is 5.56 Å². The van der Waals surface area contributed by atoms with Gasteiger partial charge in [0.25, 0.3) is 10.0 Å². The van der Waals surface area contributed by atoms with E-state index < -0.39 is 10.0 Å². The van der Waals surface area contributed by atoms with Gasteiger partial charge in [-0.3, -0.25) is 4.72 Å². The van der Waals surface area contributed by atoms with Crippen molar-refractivity contribution in [1.82, 2.24) is 19.7 Å². The van der Waals surface area contributed by atoms with Gasteiger partial charge in [-0.1, -0.05) is 24.3 Å². The SMILES string of the molecule is COc1cc(-c2nn(C3CCC(O)CC3)c3ncnc(N)c23)ccc1NS(=O)(=O)c1ccccc1. The summed E-state index contributed by atoms with van der Waals surface area (Å²) in [5.41, 5.74) is 8.44. The maximum Gasteiger partial charge on any atom is 0.262 e. The summed E-state index contributed by atoms with van der Waals surface area (Å²) < 4.78 is 35.6. The molecule has 0 atom stereocenters. The van der Waals surface area contributed by atoms with Crippen LogP contribution in [0.1, 0.15) is 31.7 Å². The molecule has 5 rings (SSSR count). The van der Waals surface area contributed by atoms with E-state index in [0.717, 1.165) is 12.8 Å². The van der Waals surface area contributed by atoms with Gasteiger partial charge < -0.3 is 15.6 Å². The van der Waals surface area contributed by atoms with Crippen LogP contribution in [0.5, 0.6) is 5.75 Å². The largest absolute Gasteiger partial charge is 0.495 e. The fourth-order valence-electron chi connectivity index (χ4n) is 4.48. The monoisotopic (exact) mass is 494 g/mol. The molecule has 0 bridgehead atoms. The second kappa shape index (κ2) is 9.16. The molecule has 0 spiro atoms. The summed E-state index contributed by atoms with van der Waals surface area (Å²) in [6.45, 7) is 0. The van der Waals surface area contributed by atoms with Crippen LogP contribution in [0.15, 0.2) is 59.8 Å². The molecular formula is C24H26N6O4S. The van der Waals surface area contributed by atoms with Crippen LogP contribution >= 0.6 is 0 Å². The van der Waals surface area contributed by atoms with E-state index in [9.17, 15) is 13.5 Å². The van der Waals surface area contributed by atoms with E-state index in [4.69, 9.17) is 15.6 Å².